The van der Waals surface area contributed by atoms with Crippen molar-refractivity contribution in [1.29, 1.82) is 0 Å². The van der Waals surface area contributed by atoms with Crippen LogP contribution in [-0.2, 0) is 16.1 Å². The van der Waals surface area contributed by atoms with E-state index in [0.717, 1.165) is 23.3 Å². The molecule has 6 heteroatoms. The van der Waals surface area contributed by atoms with Crippen molar-refractivity contribution in [3.8, 4) is 0 Å². The minimum absolute atomic E-state index is 0.0128. The average molecular weight is 397 g/mol. The summed E-state index contributed by atoms with van der Waals surface area (Å²) in [6.45, 7) is 0.0225. The Morgan fingerprint density at radius 1 is 1.14 bits per heavy atom. The molecule has 3 rings (SSSR count). The largest absolute Gasteiger partial charge is 0.458 e. The monoisotopic (exact) mass is 397 g/mol. The topological polar surface area (TPSA) is 69.4 Å². The number of carbonyl (C=O) groups excluding carboxylic acids is 1. The lowest BCUT2D eigenvalue weighted by Gasteiger charge is -2.22. The summed E-state index contributed by atoms with van der Waals surface area (Å²) in [7, 11) is 0. The van der Waals surface area contributed by atoms with Gasteiger partial charge in [-0.2, -0.15) is 0 Å². The van der Waals surface area contributed by atoms with Crippen LogP contribution in [0.25, 0.3) is 6.08 Å². The maximum absolute atomic E-state index is 12.1. The van der Waals surface area contributed by atoms with Crippen molar-refractivity contribution >= 4 is 29.5 Å². The van der Waals surface area contributed by atoms with Gasteiger partial charge in [-0.25, -0.2) is 4.79 Å². The van der Waals surface area contributed by atoms with Gasteiger partial charge in [0.15, 0.2) is 0 Å². The molecule has 0 aliphatic heterocycles. The molecule has 0 bridgehead atoms. The molecule has 1 aliphatic carbocycles. The zero-order chi connectivity index (χ0) is 19.8. The Morgan fingerprint density at radius 3 is 2.61 bits per heavy atom. The van der Waals surface area contributed by atoms with E-state index in [-0.39, 0.29) is 12.3 Å². The summed E-state index contributed by atoms with van der Waals surface area (Å²) in [5.41, 5.74) is 1.61. The first-order valence-electron chi connectivity index (χ1n) is 9.45. The molecule has 146 valence electrons. The van der Waals surface area contributed by atoms with Crippen molar-refractivity contribution in [1.82, 2.24) is 0 Å². The normalized spacial score (nSPS) is 14.9. The summed E-state index contributed by atoms with van der Waals surface area (Å²) in [4.78, 5) is 23.7. The van der Waals surface area contributed by atoms with Crippen molar-refractivity contribution in [3.05, 3.63) is 75.8 Å². The quantitative estimate of drug-likeness (QED) is 0.256. The summed E-state index contributed by atoms with van der Waals surface area (Å²) in [6, 6.07) is 14.3. The fourth-order valence-corrected chi connectivity index (χ4v) is 4.54. The van der Waals surface area contributed by atoms with Gasteiger partial charge in [0.2, 0.25) is 0 Å². The molecule has 0 spiro atoms. The Balaban J connectivity index is 1.67. The Bertz CT molecular complexity index is 845. The second-order valence-corrected chi connectivity index (χ2v) is 8.12. The molecule has 2 aromatic carbocycles. The maximum Gasteiger partial charge on any atom is 0.331 e. The molecule has 0 N–H and O–H groups in total. The van der Waals surface area contributed by atoms with Gasteiger partial charge < -0.3 is 4.74 Å². The number of ether oxygens (including phenoxy) is 1. The smallest absolute Gasteiger partial charge is 0.331 e. The summed E-state index contributed by atoms with van der Waals surface area (Å²) in [5.74, 6) is -0.469. The molecule has 0 atom stereocenters. The molecule has 28 heavy (non-hydrogen) atoms. The second-order valence-electron chi connectivity index (χ2n) is 6.78. The van der Waals surface area contributed by atoms with E-state index >= 15 is 0 Å². The van der Waals surface area contributed by atoms with Crippen LogP contribution in [0.2, 0.25) is 0 Å². The summed E-state index contributed by atoms with van der Waals surface area (Å²) in [5, 5.41) is 11.6. The SMILES string of the molecule is O=C(/C=C\c1ccccc1)OCc1cc([N+](=O)[O-])ccc1SC1CCCCC1. The third-order valence-corrected chi connectivity index (χ3v) is 6.14. The highest BCUT2D eigenvalue weighted by Gasteiger charge is 2.18. The second kappa shape index (κ2) is 10.1. The molecule has 1 saturated carbocycles. The Kier molecular flexibility index (Phi) is 7.25. The first-order chi connectivity index (χ1) is 13.6. The van der Waals surface area contributed by atoms with Gasteiger partial charge in [-0.15, -0.1) is 11.8 Å². The molecule has 0 amide bonds. The molecule has 0 aromatic heterocycles. The fraction of sp³-hybridized carbons (Fsp3) is 0.318. The summed E-state index contributed by atoms with van der Waals surface area (Å²) < 4.78 is 5.35. The highest BCUT2D eigenvalue weighted by atomic mass is 32.2. The van der Waals surface area contributed by atoms with Crippen LogP contribution in [-0.4, -0.2) is 16.1 Å². The van der Waals surface area contributed by atoms with E-state index in [0.29, 0.717) is 10.8 Å². The number of carbonyl (C=O) groups is 1. The van der Waals surface area contributed by atoms with Gasteiger partial charge >= 0.3 is 5.97 Å². The summed E-state index contributed by atoms with van der Waals surface area (Å²) >= 11 is 1.74. The maximum atomic E-state index is 12.1. The van der Waals surface area contributed by atoms with Crippen LogP contribution < -0.4 is 0 Å². The number of benzene rings is 2. The van der Waals surface area contributed by atoms with Crippen LogP contribution in [0.15, 0.2) is 59.5 Å². The number of hydrogen-bond acceptors (Lipinski definition) is 5. The molecule has 1 fully saturated rings. The van der Waals surface area contributed by atoms with Crippen molar-refractivity contribution in [2.75, 3.05) is 0 Å². The lowest BCUT2D eigenvalue weighted by Crippen LogP contribution is -2.09. The third-order valence-electron chi connectivity index (χ3n) is 4.68. The molecule has 1 aliphatic rings. The molecule has 5 nitrogen and oxygen atoms in total. The van der Waals surface area contributed by atoms with Gasteiger partial charge in [0.1, 0.15) is 6.61 Å². The molecule has 2 aromatic rings. The first kappa shape index (κ1) is 20.1. The Labute approximate surface area is 168 Å². The summed E-state index contributed by atoms with van der Waals surface area (Å²) in [6.07, 6.45) is 9.09. The van der Waals surface area contributed by atoms with E-state index in [4.69, 9.17) is 4.74 Å². The van der Waals surface area contributed by atoms with Gasteiger partial charge in [0, 0.05) is 33.9 Å². The highest BCUT2D eigenvalue weighted by molar-refractivity contribution is 8.00. The highest BCUT2D eigenvalue weighted by Crippen LogP contribution is 2.36. The van der Waals surface area contributed by atoms with E-state index in [2.05, 4.69) is 0 Å². The Morgan fingerprint density at radius 2 is 1.89 bits per heavy atom. The van der Waals surface area contributed by atoms with E-state index in [1.54, 1.807) is 23.9 Å². The molecule has 0 radical (unpaired) electrons. The zero-order valence-electron chi connectivity index (χ0n) is 15.6. The van der Waals surface area contributed by atoms with Crippen LogP contribution in [0.5, 0.6) is 0 Å². The number of hydrogen-bond donors (Lipinski definition) is 0. The fourth-order valence-electron chi connectivity index (χ4n) is 3.20. The minimum atomic E-state index is -0.469. The predicted octanol–water partition coefficient (Wildman–Crippen LogP) is 5.78. The van der Waals surface area contributed by atoms with E-state index < -0.39 is 10.9 Å². The van der Waals surface area contributed by atoms with Crippen molar-refractivity contribution in [2.24, 2.45) is 0 Å². The zero-order valence-corrected chi connectivity index (χ0v) is 16.4. The van der Waals surface area contributed by atoms with Gasteiger partial charge in [0.05, 0.1) is 4.92 Å². The number of thioether (sulfide) groups is 1. The van der Waals surface area contributed by atoms with Crippen LogP contribution in [0, 0.1) is 10.1 Å². The van der Waals surface area contributed by atoms with Crippen LogP contribution in [0.1, 0.15) is 43.2 Å². The number of esters is 1. The lowest BCUT2D eigenvalue weighted by atomic mass is 10.0. The number of nitro groups is 1. The van der Waals surface area contributed by atoms with Crippen LogP contribution in [0.4, 0.5) is 5.69 Å². The average Bonchev–Trinajstić information content (AvgIpc) is 2.73. The number of non-ortho nitro benzene ring substituents is 1. The standard InChI is InChI=1S/C22H23NO4S/c24-22(14-11-17-7-3-1-4-8-17)27-16-18-15-19(23(25)26)12-13-21(18)28-20-9-5-2-6-10-20/h1,3-4,7-8,11-15,20H,2,5-6,9-10,16H2/b14-11-. The molecule has 0 unspecified atom stereocenters. The van der Waals surface area contributed by atoms with Crippen LogP contribution >= 0.6 is 11.8 Å². The first-order valence-corrected chi connectivity index (χ1v) is 10.3. The van der Waals surface area contributed by atoms with E-state index in [1.165, 1.54) is 37.5 Å². The third kappa shape index (κ3) is 5.96. The van der Waals surface area contributed by atoms with Gasteiger partial charge in [-0.1, -0.05) is 49.6 Å². The van der Waals surface area contributed by atoms with Crippen molar-refractivity contribution < 1.29 is 14.5 Å². The molecular formula is C22H23NO4S. The van der Waals surface area contributed by atoms with E-state index in [1.807, 2.05) is 30.3 Å². The predicted molar refractivity (Wildman–Crippen MR) is 111 cm³/mol. The molecular weight excluding hydrogens is 374 g/mol. The van der Waals surface area contributed by atoms with Crippen molar-refractivity contribution in [3.63, 3.8) is 0 Å². The number of rotatable bonds is 7. The van der Waals surface area contributed by atoms with Crippen molar-refractivity contribution in [2.45, 2.75) is 48.9 Å². The molecule has 0 saturated heterocycles. The number of nitro benzene ring substituents is 1. The van der Waals surface area contributed by atoms with E-state index in [9.17, 15) is 14.9 Å². The number of nitrogens with zero attached hydrogens (tertiary/aromatic N) is 1. The van der Waals surface area contributed by atoms with Gasteiger partial charge in [-0.05, 0) is 30.5 Å². The Hall–Kier alpha value is -2.60. The molecule has 0 heterocycles. The van der Waals surface area contributed by atoms with Gasteiger partial charge in [0.25, 0.3) is 5.69 Å². The minimum Gasteiger partial charge on any atom is -0.458 e. The van der Waals surface area contributed by atoms with Gasteiger partial charge in [-0.3, -0.25) is 10.1 Å². The van der Waals surface area contributed by atoms with Crippen LogP contribution in [0.3, 0.4) is 0 Å². The lowest BCUT2D eigenvalue weighted by molar-refractivity contribution is -0.385.